The second kappa shape index (κ2) is 7.27. The summed E-state index contributed by atoms with van der Waals surface area (Å²) in [4.78, 5) is 6.60. The van der Waals surface area contributed by atoms with Crippen LogP contribution in [0.25, 0.3) is 0 Å². The number of aromatic nitrogens is 2. The Balaban J connectivity index is 2.06. The van der Waals surface area contributed by atoms with Crippen LogP contribution < -0.4 is 10.2 Å². The van der Waals surface area contributed by atoms with Gasteiger partial charge in [0.05, 0.1) is 6.54 Å². The van der Waals surface area contributed by atoms with Gasteiger partial charge in [0, 0.05) is 38.2 Å². The third-order valence-corrected chi connectivity index (χ3v) is 3.89. The number of anilines is 1. The number of hydrogen-bond donors (Lipinski definition) is 1. The van der Waals surface area contributed by atoms with Crippen LogP contribution in [0.3, 0.4) is 0 Å². The van der Waals surface area contributed by atoms with E-state index in [4.69, 9.17) is 0 Å². The maximum Gasteiger partial charge on any atom is 0.127 e. The first-order valence-electron chi connectivity index (χ1n) is 7.66. The van der Waals surface area contributed by atoms with Crippen molar-refractivity contribution in [1.82, 2.24) is 14.9 Å². The minimum absolute atomic E-state index is 0.448. The van der Waals surface area contributed by atoms with E-state index in [1.54, 1.807) is 0 Å². The second-order valence-corrected chi connectivity index (χ2v) is 5.42. The topological polar surface area (TPSA) is 33.1 Å². The number of nitrogens with zero attached hydrogens (tertiary/aromatic N) is 3. The zero-order valence-electron chi connectivity index (χ0n) is 13.5. The van der Waals surface area contributed by atoms with Crippen molar-refractivity contribution in [2.24, 2.45) is 7.05 Å². The van der Waals surface area contributed by atoms with Gasteiger partial charge in [-0.2, -0.15) is 0 Å². The highest BCUT2D eigenvalue weighted by Crippen LogP contribution is 2.21. The molecule has 1 atom stereocenters. The smallest absolute Gasteiger partial charge is 0.127 e. The fraction of sp³-hybridized carbons (Fsp3) is 0.471. The molecule has 4 heteroatoms. The van der Waals surface area contributed by atoms with Crippen LogP contribution in [0.1, 0.15) is 37.7 Å². The molecule has 0 saturated carbocycles. The van der Waals surface area contributed by atoms with Crippen molar-refractivity contribution in [3.8, 4) is 0 Å². The summed E-state index contributed by atoms with van der Waals surface area (Å²) in [5, 5.41) is 3.51. The predicted molar refractivity (Wildman–Crippen MR) is 88.5 cm³/mol. The van der Waals surface area contributed by atoms with Gasteiger partial charge in [-0.1, -0.05) is 26.0 Å². The molecule has 21 heavy (non-hydrogen) atoms. The van der Waals surface area contributed by atoms with Gasteiger partial charge in [0.15, 0.2) is 0 Å². The lowest BCUT2D eigenvalue weighted by Crippen LogP contribution is -2.21. The lowest BCUT2D eigenvalue weighted by molar-refractivity contribution is 0.537. The van der Waals surface area contributed by atoms with Gasteiger partial charge in [-0.15, -0.1) is 0 Å². The molecule has 1 heterocycles. The fourth-order valence-corrected chi connectivity index (χ4v) is 2.56. The number of rotatable bonds is 7. The van der Waals surface area contributed by atoms with Crippen LogP contribution in [0.5, 0.6) is 0 Å². The number of nitrogens with one attached hydrogen (secondary N) is 1. The lowest BCUT2D eigenvalue weighted by atomic mass is 10.0. The quantitative estimate of drug-likeness (QED) is 0.849. The number of hydrogen-bond acceptors (Lipinski definition) is 3. The summed E-state index contributed by atoms with van der Waals surface area (Å²) in [7, 11) is 4.13. The molecule has 0 aliphatic rings. The summed E-state index contributed by atoms with van der Waals surface area (Å²) < 4.78 is 2.06. The Bertz CT molecular complexity index is 544. The maximum absolute atomic E-state index is 4.38. The van der Waals surface area contributed by atoms with E-state index < -0.39 is 0 Å². The van der Waals surface area contributed by atoms with Crippen LogP contribution in [0, 0.1) is 0 Å². The Labute approximate surface area is 127 Å². The summed E-state index contributed by atoms with van der Waals surface area (Å²) in [5.41, 5.74) is 2.57. The summed E-state index contributed by atoms with van der Waals surface area (Å²) in [6, 6.07) is 9.28. The average Bonchev–Trinajstić information content (AvgIpc) is 2.90. The Morgan fingerprint density at radius 1 is 1.24 bits per heavy atom. The second-order valence-electron chi connectivity index (χ2n) is 5.42. The third kappa shape index (κ3) is 3.85. The molecule has 0 saturated heterocycles. The van der Waals surface area contributed by atoms with Crippen molar-refractivity contribution >= 4 is 5.69 Å². The van der Waals surface area contributed by atoms with Crippen LogP contribution in [0.15, 0.2) is 36.7 Å². The van der Waals surface area contributed by atoms with Crippen molar-refractivity contribution in [1.29, 1.82) is 0 Å². The molecular weight excluding hydrogens is 260 g/mol. The zero-order valence-corrected chi connectivity index (χ0v) is 13.5. The minimum Gasteiger partial charge on any atom is -0.367 e. The molecular formula is C17H26N4. The lowest BCUT2D eigenvalue weighted by Gasteiger charge is -2.21. The Hall–Kier alpha value is -1.81. The molecule has 0 bridgehead atoms. The summed E-state index contributed by atoms with van der Waals surface area (Å²) in [6.07, 6.45) is 4.93. The molecule has 0 radical (unpaired) electrons. The van der Waals surface area contributed by atoms with Gasteiger partial charge in [-0.05, 0) is 30.7 Å². The standard InChI is InChI=1S/C17H26N4/c1-5-16(18-6-2)14-7-9-15(10-8-14)21(4)13-17-19-11-12-20(17)3/h7-12,16,18H,5-6,13H2,1-4H3. The van der Waals surface area contributed by atoms with Gasteiger partial charge in [0.2, 0.25) is 0 Å². The molecule has 1 aromatic heterocycles. The molecule has 0 aliphatic heterocycles. The zero-order chi connectivity index (χ0) is 15.2. The molecule has 1 unspecified atom stereocenters. The first-order valence-corrected chi connectivity index (χ1v) is 7.66. The SMILES string of the molecule is CCNC(CC)c1ccc(N(C)Cc2nccn2C)cc1. The van der Waals surface area contributed by atoms with Crippen LogP contribution in [-0.2, 0) is 13.6 Å². The van der Waals surface area contributed by atoms with E-state index in [2.05, 4.69) is 64.9 Å². The molecule has 1 N–H and O–H groups in total. The van der Waals surface area contributed by atoms with Crippen LogP contribution >= 0.6 is 0 Å². The van der Waals surface area contributed by atoms with Gasteiger partial charge in [-0.3, -0.25) is 0 Å². The van der Waals surface area contributed by atoms with E-state index in [1.807, 2.05) is 19.4 Å². The molecule has 114 valence electrons. The molecule has 1 aromatic carbocycles. The van der Waals surface area contributed by atoms with Gasteiger partial charge in [0.1, 0.15) is 5.82 Å². The van der Waals surface area contributed by atoms with Gasteiger partial charge >= 0.3 is 0 Å². The summed E-state index contributed by atoms with van der Waals surface area (Å²) in [5.74, 6) is 1.07. The third-order valence-electron chi connectivity index (χ3n) is 3.89. The van der Waals surface area contributed by atoms with Crippen LogP contribution in [0.4, 0.5) is 5.69 Å². The van der Waals surface area contributed by atoms with E-state index in [0.29, 0.717) is 6.04 Å². The molecule has 0 aliphatic carbocycles. The highest BCUT2D eigenvalue weighted by atomic mass is 15.2. The van der Waals surface area contributed by atoms with Crippen molar-refractivity contribution in [2.75, 3.05) is 18.5 Å². The molecule has 0 fully saturated rings. The van der Waals surface area contributed by atoms with E-state index in [9.17, 15) is 0 Å². The molecule has 4 nitrogen and oxygen atoms in total. The normalized spacial score (nSPS) is 12.4. The molecule has 0 spiro atoms. The van der Waals surface area contributed by atoms with Crippen molar-refractivity contribution < 1.29 is 0 Å². The van der Waals surface area contributed by atoms with E-state index in [0.717, 1.165) is 25.3 Å². The van der Waals surface area contributed by atoms with E-state index >= 15 is 0 Å². The van der Waals surface area contributed by atoms with E-state index in [-0.39, 0.29) is 0 Å². The number of imidazole rings is 1. The summed E-state index contributed by atoms with van der Waals surface area (Å²) >= 11 is 0. The van der Waals surface area contributed by atoms with Crippen molar-refractivity contribution in [3.63, 3.8) is 0 Å². The van der Waals surface area contributed by atoms with Gasteiger partial charge < -0.3 is 14.8 Å². The minimum atomic E-state index is 0.448. The van der Waals surface area contributed by atoms with E-state index in [1.165, 1.54) is 11.3 Å². The number of benzene rings is 1. The van der Waals surface area contributed by atoms with Gasteiger partial charge in [-0.25, -0.2) is 4.98 Å². The van der Waals surface area contributed by atoms with Crippen molar-refractivity contribution in [2.45, 2.75) is 32.9 Å². The first kappa shape index (κ1) is 15.6. The Kier molecular flexibility index (Phi) is 5.39. The average molecular weight is 286 g/mol. The highest BCUT2D eigenvalue weighted by molar-refractivity contribution is 5.47. The van der Waals surface area contributed by atoms with Crippen molar-refractivity contribution in [3.05, 3.63) is 48.0 Å². The Morgan fingerprint density at radius 3 is 2.48 bits per heavy atom. The van der Waals surface area contributed by atoms with Crippen LogP contribution in [-0.4, -0.2) is 23.1 Å². The van der Waals surface area contributed by atoms with Crippen LogP contribution in [0.2, 0.25) is 0 Å². The largest absolute Gasteiger partial charge is 0.367 e. The monoisotopic (exact) mass is 286 g/mol. The predicted octanol–water partition coefficient (Wildman–Crippen LogP) is 3.12. The van der Waals surface area contributed by atoms with Gasteiger partial charge in [0.25, 0.3) is 0 Å². The fourth-order valence-electron chi connectivity index (χ4n) is 2.56. The number of aryl methyl sites for hydroxylation is 1. The first-order chi connectivity index (χ1) is 10.2. The molecule has 2 rings (SSSR count). The highest BCUT2D eigenvalue weighted by Gasteiger charge is 2.09. The maximum atomic E-state index is 4.38. The summed E-state index contributed by atoms with van der Waals surface area (Å²) in [6.45, 7) is 6.18. The molecule has 2 aromatic rings. The Morgan fingerprint density at radius 2 is 1.95 bits per heavy atom. The molecule has 0 amide bonds.